The first kappa shape index (κ1) is 19.8. The van der Waals surface area contributed by atoms with Crippen molar-refractivity contribution in [3.63, 3.8) is 0 Å². The molecule has 1 aromatic carbocycles. The molecule has 0 unspecified atom stereocenters. The van der Waals surface area contributed by atoms with Gasteiger partial charge in [-0.25, -0.2) is 13.1 Å². The average molecular weight is 369 g/mol. The fraction of sp³-hybridized carbons (Fsp3) is 0.588. The van der Waals surface area contributed by atoms with E-state index in [1.165, 1.54) is 19.2 Å². The molecule has 0 aromatic heterocycles. The van der Waals surface area contributed by atoms with E-state index in [4.69, 9.17) is 0 Å². The highest BCUT2D eigenvalue weighted by Crippen LogP contribution is 2.11. The number of carbonyl (C=O) groups excluding carboxylic acids is 1. The summed E-state index contributed by atoms with van der Waals surface area (Å²) >= 11 is 0. The average Bonchev–Trinajstić information content (AvgIpc) is 2.63. The molecule has 8 heteroatoms. The minimum absolute atomic E-state index is 0.0951. The van der Waals surface area contributed by atoms with Crippen molar-refractivity contribution in [1.29, 1.82) is 0 Å². The van der Waals surface area contributed by atoms with Crippen molar-refractivity contribution in [1.82, 2.24) is 19.8 Å². The second kappa shape index (κ2) is 9.28. The Morgan fingerprint density at radius 3 is 2.56 bits per heavy atom. The van der Waals surface area contributed by atoms with Gasteiger partial charge in [0.25, 0.3) is 5.91 Å². The number of likely N-dealkylation sites (N-methyl/N-ethyl adjacent to an activating group) is 1. The van der Waals surface area contributed by atoms with Gasteiger partial charge in [-0.15, -0.1) is 0 Å². The smallest absolute Gasteiger partial charge is 0.251 e. The molecule has 0 bridgehead atoms. The largest absolute Gasteiger partial charge is 0.352 e. The molecule has 0 atom stereocenters. The molecule has 1 aliphatic rings. The predicted molar refractivity (Wildman–Crippen MR) is 98.2 cm³/mol. The highest BCUT2D eigenvalue weighted by atomic mass is 32.2. The molecule has 1 saturated heterocycles. The maximum Gasteiger partial charge on any atom is 0.251 e. The lowest BCUT2D eigenvalue weighted by Crippen LogP contribution is -2.44. The van der Waals surface area contributed by atoms with E-state index in [9.17, 15) is 13.2 Å². The normalized spacial score (nSPS) is 16.7. The Labute approximate surface area is 150 Å². The van der Waals surface area contributed by atoms with Gasteiger partial charge in [-0.2, -0.15) is 0 Å². The van der Waals surface area contributed by atoms with Gasteiger partial charge in [-0.1, -0.05) is 6.07 Å². The topological polar surface area (TPSA) is 81.7 Å². The summed E-state index contributed by atoms with van der Waals surface area (Å²) in [6.45, 7) is 6.09. The molecule has 140 valence electrons. The lowest BCUT2D eigenvalue weighted by Gasteiger charge is -2.32. The van der Waals surface area contributed by atoms with Gasteiger partial charge in [-0.05, 0) is 51.7 Å². The van der Waals surface area contributed by atoms with Gasteiger partial charge in [0.15, 0.2) is 0 Å². The molecule has 1 aromatic rings. The molecule has 0 radical (unpaired) electrons. The maximum absolute atomic E-state index is 12.2. The Kier molecular flexibility index (Phi) is 7.37. The summed E-state index contributed by atoms with van der Waals surface area (Å²) in [5, 5.41) is 2.86. The number of amides is 1. The molecule has 1 heterocycles. The lowest BCUT2D eigenvalue weighted by molar-refractivity contribution is 0.0951. The Morgan fingerprint density at radius 1 is 1.16 bits per heavy atom. The molecule has 1 amide bonds. The number of piperazine rings is 1. The fourth-order valence-electron chi connectivity index (χ4n) is 2.76. The molecule has 7 nitrogen and oxygen atoms in total. The molecule has 1 fully saturated rings. The quantitative estimate of drug-likeness (QED) is 0.647. The Hall–Kier alpha value is -1.48. The standard InChI is InChI=1S/C17H28N4O3S/c1-18-25(23,24)16-7-5-6-15(14-16)17(22)19-8-3-4-9-21-12-10-20(2)11-13-21/h5-7,14,18H,3-4,8-13H2,1-2H3,(H,19,22). The van der Waals surface area contributed by atoms with Crippen LogP contribution in [0.25, 0.3) is 0 Å². The molecule has 0 spiro atoms. The minimum Gasteiger partial charge on any atom is -0.352 e. The third-order valence-corrected chi connectivity index (χ3v) is 5.87. The number of unbranched alkanes of at least 4 members (excludes halogenated alkanes) is 1. The van der Waals surface area contributed by atoms with Crippen LogP contribution in [-0.4, -0.2) is 77.5 Å². The molecule has 2 rings (SSSR count). The van der Waals surface area contributed by atoms with Crippen molar-refractivity contribution < 1.29 is 13.2 Å². The summed E-state index contributed by atoms with van der Waals surface area (Å²) < 4.78 is 25.8. The molecular formula is C17H28N4O3S. The van der Waals surface area contributed by atoms with Crippen LogP contribution < -0.4 is 10.0 Å². The van der Waals surface area contributed by atoms with Crippen LogP contribution >= 0.6 is 0 Å². The minimum atomic E-state index is -3.54. The van der Waals surface area contributed by atoms with Crippen LogP contribution in [0, 0.1) is 0 Å². The van der Waals surface area contributed by atoms with Crippen molar-refractivity contribution in [2.45, 2.75) is 17.7 Å². The number of rotatable bonds is 8. The van der Waals surface area contributed by atoms with Gasteiger partial charge in [0, 0.05) is 38.3 Å². The monoisotopic (exact) mass is 368 g/mol. The molecule has 2 N–H and O–H groups in total. The number of hydrogen-bond donors (Lipinski definition) is 2. The van der Waals surface area contributed by atoms with Crippen LogP contribution in [0.2, 0.25) is 0 Å². The first-order valence-electron chi connectivity index (χ1n) is 8.65. The van der Waals surface area contributed by atoms with Crippen molar-refractivity contribution in [2.24, 2.45) is 0 Å². The van der Waals surface area contributed by atoms with E-state index in [2.05, 4.69) is 26.9 Å². The number of nitrogens with one attached hydrogen (secondary N) is 2. The zero-order valence-electron chi connectivity index (χ0n) is 15.0. The number of carbonyl (C=O) groups is 1. The predicted octanol–water partition coefficient (Wildman–Crippen LogP) is 0.352. The number of benzene rings is 1. The van der Waals surface area contributed by atoms with E-state index in [0.29, 0.717) is 12.1 Å². The van der Waals surface area contributed by atoms with E-state index >= 15 is 0 Å². The van der Waals surface area contributed by atoms with E-state index in [0.717, 1.165) is 45.6 Å². The first-order chi connectivity index (χ1) is 11.9. The van der Waals surface area contributed by atoms with Crippen molar-refractivity contribution in [2.75, 3.05) is 53.4 Å². The van der Waals surface area contributed by atoms with Gasteiger partial charge in [0.05, 0.1) is 4.90 Å². The lowest BCUT2D eigenvalue weighted by atomic mass is 10.2. The highest BCUT2D eigenvalue weighted by Gasteiger charge is 2.15. The van der Waals surface area contributed by atoms with Gasteiger partial charge in [-0.3, -0.25) is 4.79 Å². The van der Waals surface area contributed by atoms with Crippen LogP contribution in [0.4, 0.5) is 0 Å². The fourth-order valence-corrected chi connectivity index (χ4v) is 3.53. The van der Waals surface area contributed by atoms with Crippen molar-refractivity contribution >= 4 is 15.9 Å². The number of nitrogens with zero attached hydrogens (tertiary/aromatic N) is 2. The first-order valence-corrected chi connectivity index (χ1v) is 10.1. The zero-order valence-corrected chi connectivity index (χ0v) is 15.8. The molecule has 25 heavy (non-hydrogen) atoms. The van der Waals surface area contributed by atoms with E-state index in [-0.39, 0.29) is 10.8 Å². The van der Waals surface area contributed by atoms with E-state index in [1.807, 2.05) is 0 Å². The Bertz CT molecular complexity index is 670. The third-order valence-electron chi connectivity index (χ3n) is 4.46. The molecular weight excluding hydrogens is 340 g/mol. The Balaban J connectivity index is 1.73. The third kappa shape index (κ3) is 6.07. The van der Waals surface area contributed by atoms with E-state index in [1.54, 1.807) is 12.1 Å². The van der Waals surface area contributed by atoms with E-state index < -0.39 is 10.0 Å². The van der Waals surface area contributed by atoms with Crippen molar-refractivity contribution in [3.8, 4) is 0 Å². The summed E-state index contributed by atoms with van der Waals surface area (Å²) in [4.78, 5) is 17.1. The summed E-state index contributed by atoms with van der Waals surface area (Å²) in [6, 6.07) is 6.06. The second-order valence-corrected chi connectivity index (χ2v) is 8.23. The van der Waals surface area contributed by atoms with Crippen LogP contribution in [0.5, 0.6) is 0 Å². The van der Waals surface area contributed by atoms with Crippen molar-refractivity contribution in [3.05, 3.63) is 29.8 Å². The van der Waals surface area contributed by atoms with Gasteiger partial charge in [0.1, 0.15) is 0 Å². The zero-order chi connectivity index (χ0) is 18.3. The maximum atomic E-state index is 12.2. The summed E-state index contributed by atoms with van der Waals surface area (Å²) in [7, 11) is -0.0465. The second-order valence-electron chi connectivity index (χ2n) is 6.34. The summed E-state index contributed by atoms with van der Waals surface area (Å²) in [6.07, 6.45) is 1.95. The van der Waals surface area contributed by atoms with Crippen LogP contribution in [0.1, 0.15) is 23.2 Å². The van der Waals surface area contributed by atoms with Gasteiger partial charge < -0.3 is 15.1 Å². The SMILES string of the molecule is CNS(=O)(=O)c1cccc(C(=O)NCCCCN2CCN(C)CC2)c1. The molecule has 0 saturated carbocycles. The molecule has 0 aliphatic carbocycles. The van der Waals surface area contributed by atoms with Crippen LogP contribution in [0.3, 0.4) is 0 Å². The summed E-state index contributed by atoms with van der Waals surface area (Å²) in [5.41, 5.74) is 0.357. The Morgan fingerprint density at radius 2 is 1.88 bits per heavy atom. The van der Waals surface area contributed by atoms with Crippen LogP contribution in [-0.2, 0) is 10.0 Å². The van der Waals surface area contributed by atoms with Gasteiger partial charge >= 0.3 is 0 Å². The number of sulfonamides is 1. The van der Waals surface area contributed by atoms with Gasteiger partial charge in [0.2, 0.25) is 10.0 Å². The molecule has 1 aliphatic heterocycles. The highest BCUT2D eigenvalue weighted by molar-refractivity contribution is 7.89. The summed E-state index contributed by atoms with van der Waals surface area (Å²) in [5.74, 6) is -0.243. The number of hydrogen-bond acceptors (Lipinski definition) is 5. The van der Waals surface area contributed by atoms with Crippen LogP contribution in [0.15, 0.2) is 29.2 Å².